The molecule has 0 unspecified atom stereocenters. The fourth-order valence-electron chi connectivity index (χ4n) is 1.95. The van der Waals surface area contributed by atoms with Crippen LogP contribution in [0.5, 0.6) is 11.5 Å². The van der Waals surface area contributed by atoms with Crippen molar-refractivity contribution >= 4 is 33.2 Å². The van der Waals surface area contributed by atoms with E-state index in [2.05, 4.69) is 21.2 Å². The van der Waals surface area contributed by atoms with Crippen LogP contribution in [0.15, 0.2) is 40.9 Å². The van der Waals surface area contributed by atoms with Crippen LogP contribution in [0.2, 0.25) is 0 Å². The molecule has 0 aliphatic carbocycles. The van der Waals surface area contributed by atoms with Gasteiger partial charge in [-0.15, -0.1) is 0 Å². The minimum absolute atomic E-state index is 0.0809. The second-order valence-corrected chi connectivity index (χ2v) is 5.77. The molecule has 0 heterocycles. The maximum absolute atomic E-state index is 12.0. The Labute approximate surface area is 146 Å². The number of nitrogens with one attached hydrogen (secondary N) is 1. The predicted molar refractivity (Wildman–Crippen MR) is 92.7 cm³/mol. The van der Waals surface area contributed by atoms with Crippen molar-refractivity contribution in [2.24, 2.45) is 0 Å². The zero-order valence-electron chi connectivity index (χ0n) is 13.0. The average Bonchev–Trinajstić information content (AvgIpc) is 2.54. The third kappa shape index (κ3) is 4.45. The number of nitro benzene ring substituents is 1. The first kappa shape index (κ1) is 17.7. The summed E-state index contributed by atoms with van der Waals surface area (Å²) in [5.41, 5.74) is 0.879. The molecule has 0 bridgehead atoms. The van der Waals surface area contributed by atoms with Crippen molar-refractivity contribution in [3.63, 3.8) is 0 Å². The Morgan fingerprint density at radius 2 is 2.04 bits per heavy atom. The van der Waals surface area contributed by atoms with Gasteiger partial charge in [0.2, 0.25) is 0 Å². The lowest BCUT2D eigenvalue weighted by molar-refractivity contribution is -0.384. The summed E-state index contributed by atoms with van der Waals surface area (Å²) in [5, 5.41) is 13.6. The minimum atomic E-state index is -0.588. The number of hydrogen-bond donors (Lipinski definition) is 1. The van der Waals surface area contributed by atoms with Gasteiger partial charge in [0.05, 0.1) is 22.6 Å². The first-order chi connectivity index (χ1) is 11.4. The van der Waals surface area contributed by atoms with Crippen molar-refractivity contribution in [2.45, 2.75) is 6.92 Å². The van der Waals surface area contributed by atoms with E-state index in [-0.39, 0.29) is 18.0 Å². The Hall–Kier alpha value is -2.61. The number of halogens is 1. The second-order valence-electron chi connectivity index (χ2n) is 4.91. The van der Waals surface area contributed by atoms with Gasteiger partial charge in [0.15, 0.2) is 6.61 Å². The molecule has 1 N–H and O–H groups in total. The van der Waals surface area contributed by atoms with Crippen LogP contribution in [0.25, 0.3) is 0 Å². The van der Waals surface area contributed by atoms with Crippen LogP contribution < -0.4 is 14.8 Å². The Morgan fingerprint density at radius 1 is 1.29 bits per heavy atom. The van der Waals surface area contributed by atoms with Gasteiger partial charge >= 0.3 is 0 Å². The molecule has 8 heteroatoms. The van der Waals surface area contributed by atoms with Crippen LogP contribution >= 0.6 is 15.9 Å². The van der Waals surface area contributed by atoms with Gasteiger partial charge in [-0.1, -0.05) is 6.07 Å². The van der Waals surface area contributed by atoms with E-state index in [1.54, 1.807) is 6.07 Å². The van der Waals surface area contributed by atoms with Crippen LogP contribution in [0.1, 0.15) is 5.56 Å². The molecule has 7 nitrogen and oxygen atoms in total. The molecule has 0 saturated carbocycles. The zero-order valence-corrected chi connectivity index (χ0v) is 14.6. The molecule has 2 aromatic rings. The second kappa shape index (κ2) is 7.78. The summed E-state index contributed by atoms with van der Waals surface area (Å²) in [6.45, 7) is 1.66. The maximum Gasteiger partial charge on any atom is 0.296 e. The number of rotatable bonds is 6. The Morgan fingerprint density at radius 3 is 2.67 bits per heavy atom. The van der Waals surface area contributed by atoms with Crippen molar-refractivity contribution in [3.8, 4) is 11.5 Å². The molecule has 2 rings (SSSR count). The number of anilines is 1. The van der Waals surface area contributed by atoms with Crippen molar-refractivity contribution in [1.82, 2.24) is 0 Å². The highest BCUT2D eigenvalue weighted by atomic mass is 79.9. The zero-order chi connectivity index (χ0) is 17.7. The number of nitro groups is 1. The van der Waals surface area contributed by atoms with Crippen LogP contribution in [0.3, 0.4) is 0 Å². The van der Waals surface area contributed by atoms with Crippen molar-refractivity contribution in [2.75, 3.05) is 19.0 Å². The molecule has 0 radical (unpaired) electrons. The molecule has 0 atom stereocenters. The van der Waals surface area contributed by atoms with Gasteiger partial charge in [0, 0.05) is 0 Å². The molecule has 24 heavy (non-hydrogen) atoms. The molecular formula is C16H15BrN2O5. The molecule has 0 spiro atoms. The minimum Gasteiger partial charge on any atom is -0.496 e. The maximum atomic E-state index is 12.0. The van der Waals surface area contributed by atoms with Gasteiger partial charge in [-0.05, 0) is 52.7 Å². The number of carbonyl (C=O) groups is 1. The topological polar surface area (TPSA) is 90.7 Å². The largest absolute Gasteiger partial charge is 0.496 e. The summed E-state index contributed by atoms with van der Waals surface area (Å²) >= 11 is 3.35. The molecule has 0 aromatic heterocycles. The highest BCUT2D eigenvalue weighted by Crippen LogP contribution is 2.29. The summed E-state index contributed by atoms with van der Waals surface area (Å²) in [7, 11) is 1.41. The van der Waals surface area contributed by atoms with Crippen LogP contribution in [0.4, 0.5) is 11.4 Å². The van der Waals surface area contributed by atoms with Gasteiger partial charge < -0.3 is 14.8 Å². The number of carbonyl (C=O) groups excluding carboxylic acids is 1. The first-order valence-electron chi connectivity index (χ1n) is 6.92. The number of ether oxygens (including phenoxy) is 2. The summed E-state index contributed by atoms with van der Waals surface area (Å²) in [6, 6.07) is 9.64. The third-order valence-electron chi connectivity index (χ3n) is 3.12. The van der Waals surface area contributed by atoms with Crippen LogP contribution in [-0.2, 0) is 4.79 Å². The number of nitrogens with zero attached hydrogens (tertiary/aromatic N) is 1. The van der Waals surface area contributed by atoms with Gasteiger partial charge in [-0.25, -0.2) is 0 Å². The van der Waals surface area contributed by atoms with E-state index in [4.69, 9.17) is 9.47 Å². The third-order valence-corrected chi connectivity index (χ3v) is 3.74. The van der Waals surface area contributed by atoms with E-state index in [0.29, 0.717) is 11.5 Å². The number of aryl methyl sites for hydroxylation is 1. The molecule has 126 valence electrons. The van der Waals surface area contributed by atoms with Gasteiger partial charge in [-0.2, -0.15) is 0 Å². The molecule has 0 fully saturated rings. The lowest BCUT2D eigenvalue weighted by atomic mass is 10.2. The van der Waals surface area contributed by atoms with Crippen molar-refractivity contribution in [1.29, 1.82) is 0 Å². The molecular weight excluding hydrogens is 380 g/mol. The monoisotopic (exact) mass is 394 g/mol. The Bertz CT molecular complexity index is 779. The molecule has 1 amide bonds. The summed E-state index contributed by atoms with van der Waals surface area (Å²) in [6.07, 6.45) is 0. The summed E-state index contributed by atoms with van der Waals surface area (Å²) in [4.78, 5) is 22.5. The number of benzene rings is 2. The molecule has 0 aliphatic heterocycles. The first-order valence-corrected chi connectivity index (χ1v) is 7.71. The average molecular weight is 395 g/mol. The lowest BCUT2D eigenvalue weighted by Crippen LogP contribution is -2.20. The lowest BCUT2D eigenvalue weighted by Gasteiger charge is -2.10. The van der Waals surface area contributed by atoms with Crippen LogP contribution in [0, 0.1) is 17.0 Å². The number of amides is 1. The van der Waals surface area contributed by atoms with E-state index >= 15 is 0 Å². The number of hydrogen-bond acceptors (Lipinski definition) is 5. The van der Waals surface area contributed by atoms with E-state index in [9.17, 15) is 14.9 Å². The standard InChI is InChI=1S/C16H15BrN2O5/c1-10-3-6-15(12(17)7-10)24-9-16(20)18-13-5-4-11(23-2)8-14(13)19(21)22/h3-8H,9H2,1-2H3,(H,18,20). The normalized spacial score (nSPS) is 10.1. The predicted octanol–water partition coefficient (Wildman–Crippen LogP) is 3.69. The highest BCUT2D eigenvalue weighted by molar-refractivity contribution is 9.10. The fourth-order valence-corrected chi connectivity index (χ4v) is 2.56. The Balaban J connectivity index is 2.05. The quantitative estimate of drug-likeness (QED) is 0.595. The smallest absolute Gasteiger partial charge is 0.296 e. The van der Waals surface area contributed by atoms with Crippen LogP contribution in [-0.4, -0.2) is 24.5 Å². The van der Waals surface area contributed by atoms with E-state index in [1.165, 1.54) is 25.3 Å². The van der Waals surface area contributed by atoms with E-state index < -0.39 is 10.8 Å². The highest BCUT2D eigenvalue weighted by Gasteiger charge is 2.17. The van der Waals surface area contributed by atoms with Crippen molar-refractivity contribution in [3.05, 3.63) is 56.5 Å². The van der Waals surface area contributed by atoms with Gasteiger partial charge in [0.1, 0.15) is 17.2 Å². The molecule has 2 aromatic carbocycles. The fraction of sp³-hybridized carbons (Fsp3) is 0.188. The molecule has 0 aliphatic rings. The Kier molecular flexibility index (Phi) is 5.75. The van der Waals surface area contributed by atoms with Gasteiger partial charge in [-0.3, -0.25) is 14.9 Å². The van der Waals surface area contributed by atoms with E-state index in [0.717, 1.165) is 10.0 Å². The van der Waals surface area contributed by atoms with E-state index in [1.807, 2.05) is 19.1 Å². The van der Waals surface area contributed by atoms with Crippen molar-refractivity contribution < 1.29 is 19.2 Å². The molecule has 0 saturated heterocycles. The SMILES string of the molecule is COc1ccc(NC(=O)COc2ccc(C)cc2Br)c([N+](=O)[O-])c1. The van der Waals surface area contributed by atoms with Gasteiger partial charge in [0.25, 0.3) is 11.6 Å². The number of methoxy groups -OCH3 is 1. The summed E-state index contributed by atoms with van der Waals surface area (Å²) in [5.74, 6) is 0.343. The summed E-state index contributed by atoms with van der Waals surface area (Å²) < 4.78 is 11.1.